The van der Waals surface area contributed by atoms with Gasteiger partial charge >= 0.3 is 5.97 Å². The number of hydrogen-bond acceptors (Lipinski definition) is 5. The van der Waals surface area contributed by atoms with Gasteiger partial charge in [-0.05, 0) is 23.1 Å². The summed E-state index contributed by atoms with van der Waals surface area (Å²) in [5.74, 6) is -0.225. The molecule has 20 heavy (non-hydrogen) atoms. The number of nitrogen functional groups attached to an aromatic ring is 1. The molecule has 106 valence electrons. The van der Waals surface area contributed by atoms with Gasteiger partial charge in [-0.3, -0.25) is 4.79 Å². The third-order valence-electron chi connectivity index (χ3n) is 3.08. The third kappa shape index (κ3) is 3.82. The van der Waals surface area contributed by atoms with E-state index in [9.17, 15) is 4.79 Å². The number of anilines is 1. The number of nitrogens with one attached hydrogen (secondary N) is 1. The van der Waals surface area contributed by atoms with Crippen molar-refractivity contribution in [1.82, 2.24) is 5.32 Å². The highest BCUT2D eigenvalue weighted by Gasteiger charge is 2.17. The van der Waals surface area contributed by atoms with Gasteiger partial charge in [-0.2, -0.15) is 0 Å². The maximum absolute atomic E-state index is 11.5. The molecule has 0 saturated heterocycles. The van der Waals surface area contributed by atoms with Crippen LogP contribution in [0.15, 0.2) is 41.8 Å². The van der Waals surface area contributed by atoms with E-state index < -0.39 is 0 Å². The topological polar surface area (TPSA) is 64.3 Å². The van der Waals surface area contributed by atoms with Gasteiger partial charge in [-0.15, -0.1) is 11.3 Å². The van der Waals surface area contributed by atoms with Gasteiger partial charge < -0.3 is 15.8 Å². The molecule has 0 aliphatic rings. The highest BCUT2D eigenvalue weighted by Crippen LogP contribution is 2.23. The number of methoxy groups -OCH3 is 1. The Morgan fingerprint density at radius 2 is 2.15 bits per heavy atom. The number of esters is 1. The Morgan fingerprint density at radius 1 is 1.35 bits per heavy atom. The van der Waals surface area contributed by atoms with Crippen LogP contribution < -0.4 is 11.1 Å². The Kier molecular flexibility index (Phi) is 5.15. The van der Waals surface area contributed by atoms with Crippen molar-refractivity contribution in [3.8, 4) is 0 Å². The zero-order valence-electron chi connectivity index (χ0n) is 11.3. The summed E-state index contributed by atoms with van der Waals surface area (Å²) in [6.45, 7) is 0.617. The summed E-state index contributed by atoms with van der Waals surface area (Å²) in [6, 6.07) is 11.6. The van der Waals surface area contributed by atoms with Crippen molar-refractivity contribution >= 4 is 23.0 Å². The predicted octanol–water partition coefficient (Wildman–Crippen LogP) is 2.72. The molecular weight excluding hydrogens is 272 g/mol. The molecule has 2 rings (SSSR count). The largest absolute Gasteiger partial charge is 0.469 e. The van der Waals surface area contributed by atoms with Crippen LogP contribution in [0.5, 0.6) is 0 Å². The summed E-state index contributed by atoms with van der Waals surface area (Å²) < 4.78 is 4.76. The van der Waals surface area contributed by atoms with Crippen molar-refractivity contribution < 1.29 is 9.53 Å². The number of carbonyl (C=O) groups is 1. The fourth-order valence-corrected chi connectivity index (χ4v) is 2.74. The number of carbonyl (C=O) groups excluding carboxylic acids is 1. The number of hydrogen-bond donors (Lipinski definition) is 2. The van der Waals surface area contributed by atoms with Crippen LogP contribution in [0.1, 0.15) is 22.9 Å². The van der Waals surface area contributed by atoms with Crippen LogP contribution in [0, 0.1) is 0 Å². The quantitative estimate of drug-likeness (QED) is 0.634. The molecule has 1 heterocycles. The molecule has 2 aromatic rings. The van der Waals surface area contributed by atoms with Crippen LogP contribution >= 0.6 is 11.3 Å². The standard InChI is InChI=1S/C15H18N2O2S/c1-19-15(18)9-13(14-7-4-8-20-14)17-10-11-5-2-3-6-12(11)16/h2-8,13,17H,9-10,16H2,1H3. The minimum atomic E-state index is -0.225. The number of thiophene rings is 1. The lowest BCUT2D eigenvalue weighted by Crippen LogP contribution is -2.23. The van der Waals surface area contributed by atoms with Crippen molar-refractivity contribution in [3.05, 3.63) is 52.2 Å². The first-order chi connectivity index (χ1) is 9.70. The normalized spacial score (nSPS) is 12.1. The Hall–Kier alpha value is -1.85. The van der Waals surface area contributed by atoms with Crippen molar-refractivity contribution in [2.75, 3.05) is 12.8 Å². The number of nitrogens with two attached hydrogens (primary N) is 1. The summed E-state index contributed by atoms with van der Waals surface area (Å²) in [7, 11) is 1.41. The minimum absolute atomic E-state index is 0.0537. The molecule has 0 radical (unpaired) electrons. The summed E-state index contributed by atoms with van der Waals surface area (Å²) in [5, 5.41) is 5.37. The molecule has 0 aliphatic heterocycles. The molecule has 0 saturated carbocycles. The molecule has 0 aliphatic carbocycles. The second-order valence-corrected chi connectivity index (χ2v) is 5.41. The fraction of sp³-hybridized carbons (Fsp3) is 0.267. The maximum Gasteiger partial charge on any atom is 0.307 e. The Morgan fingerprint density at radius 3 is 2.80 bits per heavy atom. The molecule has 0 fully saturated rings. The van der Waals surface area contributed by atoms with Gasteiger partial charge in [-0.25, -0.2) is 0 Å². The summed E-state index contributed by atoms with van der Waals surface area (Å²) in [4.78, 5) is 12.6. The van der Waals surface area contributed by atoms with E-state index in [1.54, 1.807) is 11.3 Å². The van der Waals surface area contributed by atoms with Gasteiger partial charge in [-0.1, -0.05) is 24.3 Å². The van der Waals surface area contributed by atoms with E-state index in [1.165, 1.54) is 7.11 Å². The average molecular weight is 290 g/mol. The summed E-state index contributed by atoms with van der Waals surface area (Å²) in [5.41, 5.74) is 7.70. The Balaban J connectivity index is 2.05. The third-order valence-corrected chi connectivity index (χ3v) is 4.07. The first-order valence-electron chi connectivity index (χ1n) is 6.37. The van der Waals surface area contributed by atoms with E-state index in [-0.39, 0.29) is 12.0 Å². The molecule has 5 heteroatoms. The van der Waals surface area contributed by atoms with Gasteiger partial charge in [0.2, 0.25) is 0 Å². The van der Waals surface area contributed by atoms with Crippen molar-refractivity contribution in [2.24, 2.45) is 0 Å². The second kappa shape index (κ2) is 7.07. The van der Waals surface area contributed by atoms with E-state index >= 15 is 0 Å². The van der Waals surface area contributed by atoms with Gasteiger partial charge in [0.25, 0.3) is 0 Å². The van der Waals surface area contributed by atoms with E-state index in [1.807, 2.05) is 41.8 Å². The van der Waals surface area contributed by atoms with Crippen LogP contribution in [0.4, 0.5) is 5.69 Å². The molecule has 0 amide bonds. The van der Waals surface area contributed by atoms with E-state index in [2.05, 4.69) is 5.32 Å². The van der Waals surface area contributed by atoms with Crippen LogP contribution in [-0.4, -0.2) is 13.1 Å². The molecule has 1 aromatic carbocycles. The lowest BCUT2D eigenvalue weighted by atomic mass is 10.1. The van der Waals surface area contributed by atoms with Gasteiger partial charge in [0.05, 0.1) is 19.6 Å². The Bertz CT molecular complexity index is 555. The molecule has 0 spiro atoms. The first-order valence-corrected chi connectivity index (χ1v) is 7.25. The molecule has 1 atom stereocenters. The highest BCUT2D eigenvalue weighted by atomic mass is 32.1. The van der Waals surface area contributed by atoms with Gasteiger partial charge in [0.15, 0.2) is 0 Å². The second-order valence-electron chi connectivity index (χ2n) is 4.43. The summed E-state index contributed by atoms with van der Waals surface area (Å²) in [6.07, 6.45) is 0.309. The molecule has 3 N–H and O–H groups in total. The number of ether oxygens (including phenoxy) is 1. The van der Waals surface area contributed by atoms with Gasteiger partial charge in [0, 0.05) is 17.1 Å². The molecule has 1 aromatic heterocycles. The summed E-state index contributed by atoms with van der Waals surface area (Å²) >= 11 is 1.62. The minimum Gasteiger partial charge on any atom is -0.469 e. The number of rotatable bonds is 6. The monoisotopic (exact) mass is 290 g/mol. The lowest BCUT2D eigenvalue weighted by molar-refractivity contribution is -0.141. The van der Waals surface area contributed by atoms with Crippen molar-refractivity contribution in [3.63, 3.8) is 0 Å². The van der Waals surface area contributed by atoms with Crippen LogP contribution in [0.3, 0.4) is 0 Å². The maximum atomic E-state index is 11.5. The first kappa shape index (κ1) is 14.6. The van der Waals surface area contributed by atoms with Crippen LogP contribution in [0.2, 0.25) is 0 Å². The molecule has 0 bridgehead atoms. The predicted molar refractivity (Wildman–Crippen MR) is 81.4 cm³/mol. The fourth-order valence-electron chi connectivity index (χ4n) is 1.94. The van der Waals surface area contributed by atoms with Gasteiger partial charge in [0.1, 0.15) is 0 Å². The van der Waals surface area contributed by atoms with Crippen molar-refractivity contribution in [1.29, 1.82) is 0 Å². The van der Waals surface area contributed by atoms with Crippen LogP contribution in [0.25, 0.3) is 0 Å². The molecule has 4 nitrogen and oxygen atoms in total. The zero-order chi connectivity index (χ0) is 14.4. The Labute approximate surface area is 122 Å². The highest BCUT2D eigenvalue weighted by molar-refractivity contribution is 7.10. The van der Waals surface area contributed by atoms with E-state index in [0.29, 0.717) is 13.0 Å². The SMILES string of the molecule is COC(=O)CC(NCc1ccccc1N)c1cccs1. The van der Waals surface area contributed by atoms with E-state index in [0.717, 1.165) is 16.1 Å². The number of benzene rings is 1. The zero-order valence-corrected chi connectivity index (χ0v) is 12.2. The van der Waals surface area contributed by atoms with E-state index in [4.69, 9.17) is 10.5 Å². The molecular formula is C15H18N2O2S. The van der Waals surface area contributed by atoms with Crippen molar-refractivity contribution in [2.45, 2.75) is 19.0 Å². The molecule has 1 unspecified atom stereocenters. The smallest absolute Gasteiger partial charge is 0.307 e. The lowest BCUT2D eigenvalue weighted by Gasteiger charge is -2.17. The van der Waals surface area contributed by atoms with Crippen LogP contribution in [-0.2, 0) is 16.1 Å². The average Bonchev–Trinajstić information content (AvgIpc) is 2.98. The number of para-hydroxylation sites is 1.